The maximum Gasteiger partial charge on any atom is 0.416 e. The summed E-state index contributed by atoms with van der Waals surface area (Å²) in [5, 5.41) is 8.81. The van der Waals surface area contributed by atoms with E-state index in [0.717, 1.165) is 12.1 Å². The van der Waals surface area contributed by atoms with E-state index in [2.05, 4.69) is 0 Å². The molecule has 2 unspecified atom stereocenters. The number of morpholine rings is 1. The van der Waals surface area contributed by atoms with Crippen LogP contribution in [0.4, 0.5) is 13.2 Å². The molecule has 5 nitrogen and oxygen atoms in total. The van der Waals surface area contributed by atoms with Crippen LogP contribution in [0, 0.1) is 5.92 Å². The van der Waals surface area contributed by atoms with Gasteiger partial charge in [0.15, 0.2) is 0 Å². The predicted molar refractivity (Wildman–Crippen MR) is 82.9 cm³/mol. The predicted octanol–water partition coefficient (Wildman–Crippen LogP) is 2.59. The van der Waals surface area contributed by atoms with E-state index in [9.17, 15) is 22.8 Å². The first-order chi connectivity index (χ1) is 11.7. The lowest BCUT2D eigenvalue weighted by Gasteiger charge is -2.34. The summed E-state index contributed by atoms with van der Waals surface area (Å²) in [6.07, 6.45) is -4.98. The summed E-state index contributed by atoms with van der Waals surface area (Å²) in [5.41, 5.74) is -0.302. The Morgan fingerprint density at radius 2 is 2.12 bits per heavy atom. The number of halogens is 3. The van der Waals surface area contributed by atoms with Gasteiger partial charge in [0.25, 0.3) is 0 Å². The van der Waals surface area contributed by atoms with Gasteiger partial charge in [-0.3, -0.25) is 9.59 Å². The molecular weight excluding hydrogens is 339 g/mol. The molecule has 0 saturated carbocycles. The fourth-order valence-electron chi connectivity index (χ4n) is 2.86. The number of amides is 1. The monoisotopic (exact) mass is 359 g/mol. The van der Waals surface area contributed by atoms with Crippen molar-refractivity contribution in [3.05, 3.63) is 35.4 Å². The van der Waals surface area contributed by atoms with Crippen LogP contribution in [0.5, 0.6) is 0 Å². The average molecular weight is 359 g/mol. The Morgan fingerprint density at radius 1 is 1.40 bits per heavy atom. The Bertz CT molecular complexity index is 633. The van der Waals surface area contributed by atoms with E-state index >= 15 is 0 Å². The quantitative estimate of drug-likeness (QED) is 0.878. The maximum atomic E-state index is 12.8. The Labute approximate surface area is 143 Å². The van der Waals surface area contributed by atoms with Crippen molar-refractivity contribution in [2.24, 2.45) is 5.92 Å². The molecule has 1 aliphatic heterocycles. The molecule has 1 saturated heterocycles. The maximum absolute atomic E-state index is 12.8. The van der Waals surface area contributed by atoms with Gasteiger partial charge >= 0.3 is 12.1 Å². The lowest BCUT2D eigenvalue weighted by atomic mass is 9.97. The van der Waals surface area contributed by atoms with E-state index in [0.29, 0.717) is 12.1 Å². The van der Waals surface area contributed by atoms with Crippen molar-refractivity contribution < 1.29 is 32.6 Å². The van der Waals surface area contributed by atoms with Gasteiger partial charge in [-0.2, -0.15) is 13.2 Å². The lowest BCUT2D eigenvalue weighted by Crippen LogP contribution is -2.48. The van der Waals surface area contributed by atoms with E-state index in [1.54, 1.807) is 13.0 Å². The molecule has 25 heavy (non-hydrogen) atoms. The van der Waals surface area contributed by atoms with Crippen LogP contribution >= 0.6 is 0 Å². The molecule has 8 heteroatoms. The number of alkyl halides is 3. The summed E-state index contributed by atoms with van der Waals surface area (Å²) < 4.78 is 43.6. The molecule has 1 aromatic carbocycles. The van der Waals surface area contributed by atoms with Gasteiger partial charge in [-0.1, -0.05) is 25.1 Å². The molecule has 1 amide bonds. The average Bonchev–Trinajstić information content (AvgIpc) is 2.53. The van der Waals surface area contributed by atoms with Crippen LogP contribution in [-0.2, 0) is 26.9 Å². The second kappa shape index (κ2) is 7.86. The molecule has 0 radical (unpaired) electrons. The fourth-order valence-corrected chi connectivity index (χ4v) is 2.86. The standard InChI is InChI=1S/C17H20F3NO4/c1-11(7-12-3-2-4-13(8-12)17(18,19)20)16(24)21-5-6-25-14(10-21)9-15(22)23/h2-4,8,11,14H,5-7,9-10H2,1H3,(H,22,23). The van der Waals surface area contributed by atoms with Crippen LogP contribution < -0.4 is 0 Å². The number of carboxylic acid groups (broad SMARTS) is 1. The van der Waals surface area contributed by atoms with Crippen molar-refractivity contribution in [3.8, 4) is 0 Å². The first-order valence-corrected chi connectivity index (χ1v) is 7.95. The van der Waals surface area contributed by atoms with Crippen molar-refractivity contribution in [1.29, 1.82) is 0 Å². The molecule has 1 aromatic rings. The SMILES string of the molecule is CC(Cc1cccc(C(F)(F)F)c1)C(=O)N1CCOC(CC(=O)O)C1. The van der Waals surface area contributed by atoms with E-state index in [-0.39, 0.29) is 31.9 Å². The second-order valence-electron chi connectivity index (χ2n) is 6.18. The Balaban J connectivity index is 1.99. The molecule has 1 aliphatic rings. The number of carboxylic acids is 1. The van der Waals surface area contributed by atoms with Crippen molar-refractivity contribution in [3.63, 3.8) is 0 Å². The highest BCUT2D eigenvalue weighted by atomic mass is 19.4. The minimum atomic E-state index is -4.42. The summed E-state index contributed by atoms with van der Waals surface area (Å²) in [6, 6.07) is 4.93. The molecule has 138 valence electrons. The molecule has 0 aliphatic carbocycles. The van der Waals surface area contributed by atoms with Gasteiger partial charge in [0, 0.05) is 19.0 Å². The molecule has 2 rings (SSSR count). The van der Waals surface area contributed by atoms with Gasteiger partial charge in [-0.05, 0) is 18.1 Å². The van der Waals surface area contributed by atoms with Crippen LogP contribution in [0.15, 0.2) is 24.3 Å². The summed E-state index contributed by atoms with van der Waals surface area (Å²) in [4.78, 5) is 24.8. The number of hydrogen-bond acceptors (Lipinski definition) is 3. The van der Waals surface area contributed by atoms with Gasteiger partial charge in [0.2, 0.25) is 5.91 Å². The highest BCUT2D eigenvalue weighted by Gasteiger charge is 2.31. The van der Waals surface area contributed by atoms with E-state index in [1.165, 1.54) is 11.0 Å². The van der Waals surface area contributed by atoms with Gasteiger partial charge in [0.1, 0.15) is 0 Å². The summed E-state index contributed by atoms with van der Waals surface area (Å²) >= 11 is 0. The second-order valence-corrected chi connectivity index (χ2v) is 6.18. The number of ether oxygens (including phenoxy) is 1. The smallest absolute Gasteiger partial charge is 0.416 e. The molecular formula is C17H20F3NO4. The van der Waals surface area contributed by atoms with Crippen LogP contribution in [0.3, 0.4) is 0 Å². The van der Waals surface area contributed by atoms with Crippen LogP contribution in [0.25, 0.3) is 0 Å². The van der Waals surface area contributed by atoms with Gasteiger partial charge in [-0.25, -0.2) is 0 Å². The zero-order chi connectivity index (χ0) is 18.6. The number of hydrogen-bond donors (Lipinski definition) is 1. The first-order valence-electron chi connectivity index (χ1n) is 7.95. The van der Waals surface area contributed by atoms with Crippen LogP contribution in [-0.4, -0.2) is 47.7 Å². The van der Waals surface area contributed by atoms with E-state index < -0.39 is 29.7 Å². The Kier molecular flexibility index (Phi) is 6.05. The molecule has 2 atom stereocenters. The molecule has 0 aromatic heterocycles. The Hall–Kier alpha value is -2.09. The van der Waals surface area contributed by atoms with Crippen molar-refractivity contribution in [2.75, 3.05) is 19.7 Å². The van der Waals surface area contributed by atoms with Crippen LogP contribution in [0.2, 0.25) is 0 Å². The Morgan fingerprint density at radius 3 is 2.76 bits per heavy atom. The highest BCUT2D eigenvalue weighted by Crippen LogP contribution is 2.30. The summed E-state index contributed by atoms with van der Waals surface area (Å²) in [5.74, 6) is -1.72. The molecule has 0 bridgehead atoms. The topological polar surface area (TPSA) is 66.8 Å². The highest BCUT2D eigenvalue weighted by molar-refractivity contribution is 5.79. The molecule has 1 heterocycles. The largest absolute Gasteiger partial charge is 0.481 e. The molecule has 1 N–H and O–H groups in total. The molecule has 0 spiro atoms. The number of aliphatic carboxylic acids is 1. The van der Waals surface area contributed by atoms with Crippen LogP contribution in [0.1, 0.15) is 24.5 Å². The van der Waals surface area contributed by atoms with Crippen molar-refractivity contribution in [2.45, 2.75) is 32.0 Å². The van der Waals surface area contributed by atoms with Crippen molar-refractivity contribution in [1.82, 2.24) is 4.90 Å². The minimum Gasteiger partial charge on any atom is -0.481 e. The minimum absolute atomic E-state index is 0.179. The van der Waals surface area contributed by atoms with E-state index in [1.807, 2.05) is 0 Å². The van der Waals surface area contributed by atoms with Gasteiger partial charge in [-0.15, -0.1) is 0 Å². The number of nitrogens with zero attached hydrogens (tertiary/aromatic N) is 1. The number of carbonyl (C=O) groups excluding carboxylic acids is 1. The van der Waals surface area contributed by atoms with Crippen molar-refractivity contribution >= 4 is 11.9 Å². The third-order valence-corrected chi connectivity index (χ3v) is 4.07. The number of benzene rings is 1. The summed E-state index contributed by atoms with van der Waals surface area (Å²) in [7, 11) is 0. The fraction of sp³-hybridized carbons (Fsp3) is 0.529. The lowest BCUT2D eigenvalue weighted by molar-refractivity contribution is -0.149. The number of rotatable bonds is 5. The van der Waals surface area contributed by atoms with E-state index in [4.69, 9.17) is 9.84 Å². The zero-order valence-electron chi connectivity index (χ0n) is 13.8. The number of carbonyl (C=O) groups is 2. The molecule has 1 fully saturated rings. The first kappa shape index (κ1) is 19.2. The summed E-state index contributed by atoms with van der Waals surface area (Å²) in [6.45, 7) is 2.43. The van der Waals surface area contributed by atoms with Gasteiger partial charge in [0.05, 0.1) is 24.7 Å². The normalized spacial score (nSPS) is 19.5. The third-order valence-electron chi connectivity index (χ3n) is 4.07. The third kappa shape index (κ3) is 5.45. The van der Waals surface area contributed by atoms with Gasteiger partial charge < -0.3 is 14.7 Å². The zero-order valence-corrected chi connectivity index (χ0v) is 13.8.